The summed E-state index contributed by atoms with van der Waals surface area (Å²) in [5.41, 5.74) is 2.08. The van der Waals surface area contributed by atoms with E-state index in [1.54, 1.807) is 24.3 Å². The van der Waals surface area contributed by atoms with Crippen LogP contribution in [0.2, 0.25) is 0 Å². The summed E-state index contributed by atoms with van der Waals surface area (Å²) in [6, 6.07) is 8.11. The standard InChI is InChI=1S/C21H23N3O4/c1-5-23(6-2)18-8-7-16(28-18)12-17-19(25)22-21(27)24(20(17)26)15-10-13(3)9-14(4)11-15/h7-12H,5-6H2,1-4H3,(H,22,25,27). The van der Waals surface area contributed by atoms with Crippen LogP contribution in [-0.4, -0.2) is 30.9 Å². The zero-order valence-corrected chi connectivity index (χ0v) is 16.4. The molecule has 1 fully saturated rings. The van der Waals surface area contributed by atoms with E-state index < -0.39 is 17.8 Å². The third kappa shape index (κ3) is 3.69. The molecule has 28 heavy (non-hydrogen) atoms. The smallest absolute Gasteiger partial charge is 0.335 e. The molecule has 0 bridgehead atoms. The molecule has 0 saturated carbocycles. The number of furan rings is 1. The molecule has 7 nitrogen and oxygen atoms in total. The Balaban J connectivity index is 1.97. The average molecular weight is 381 g/mol. The molecule has 146 valence electrons. The highest BCUT2D eigenvalue weighted by molar-refractivity contribution is 6.39. The summed E-state index contributed by atoms with van der Waals surface area (Å²) >= 11 is 0. The highest BCUT2D eigenvalue weighted by Crippen LogP contribution is 2.25. The summed E-state index contributed by atoms with van der Waals surface area (Å²) < 4.78 is 5.75. The first-order valence-corrected chi connectivity index (χ1v) is 9.18. The number of imide groups is 2. The predicted octanol–water partition coefficient (Wildman–Crippen LogP) is 3.41. The fourth-order valence-corrected chi connectivity index (χ4v) is 3.24. The molecule has 3 rings (SSSR count). The quantitative estimate of drug-likeness (QED) is 0.634. The number of carbonyl (C=O) groups excluding carboxylic acids is 3. The van der Waals surface area contributed by atoms with Crippen molar-refractivity contribution in [2.24, 2.45) is 0 Å². The minimum Gasteiger partial charge on any atom is -0.441 e. The number of hydrogen-bond acceptors (Lipinski definition) is 5. The lowest BCUT2D eigenvalue weighted by molar-refractivity contribution is -0.122. The number of amides is 4. The zero-order chi connectivity index (χ0) is 20.4. The molecule has 0 spiro atoms. The van der Waals surface area contributed by atoms with E-state index >= 15 is 0 Å². The maximum Gasteiger partial charge on any atom is 0.335 e. The van der Waals surface area contributed by atoms with E-state index in [0.717, 1.165) is 29.1 Å². The molecular weight excluding hydrogens is 358 g/mol. The van der Waals surface area contributed by atoms with Gasteiger partial charge in [0.15, 0.2) is 5.88 Å². The number of urea groups is 1. The van der Waals surface area contributed by atoms with Gasteiger partial charge in [-0.1, -0.05) is 6.07 Å². The molecule has 1 N–H and O–H groups in total. The third-order valence-electron chi connectivity index (χ3n) is 4.54. The van der Waals surface area contributed by atoms with Gasteiger partial charge in [-0.3, -0.25) is 14.9 Å². The van der Waals surface area contributed by atoms with Crippen molar-refractivity contribution in [3.8, 4) is 0 Å². The second-order valence-electron chi connectivity index (χ2n) is 6.65. The van der Waals surface area contributed by atoms with Gasteiger partial charge in [0.2, 0.25) is 0 Å². The Bertz CT molecular complexity index is 950. The van der Waals surface area contributed by atoms with Crippen LogP contribution >= 0.6 is 0 Å². The molecular formula is C21H23N3O4. The Morgan fingerprint density at radius 2 is 1.68 bits per heavy atom. The fourth-order valence-electron chi connectivity index (χ4n) is 3.24. The van der Waals surface area contributed by atoms with Gasteiger partial charge in [-0.05, 0) is 63.1 Å². The largest absolute Gasteiger partial charge is 0.441 e. The summed E-state index contributed by atoms with van der Waals surface area (Å²) in [7, 11) is 0. The van der Waals surface area contributed by atoms with Gasteiger partial charge < -0.3 is 9.32 Å². The number of aryl methyl sites for hydroxylation is 2. The van der Waals surface area contributed by atoms with Crippen LogP contribution in [0.5, 0.6) is 0 Å². The number of rotatable bonds is 5. The molecule has 0 aliphatic carbocycles. The lowest BCUT2D eigenvalue weighted by Gasteiger charge is -2.26. The van der Waals surface area contributed by atoms with Gasteiger partial charge in [-0.15, -0.1) is 0 Å². The first-order valence-electron chi connectivity index (χ1n) is 9.18. The first-order chi connectivity index (χ1) is 13.3. The van der Waals surface area contributed by atoms with Crippen LogP contribution in [0.25, 0.3) is 6.08 Å². The van der Waals surface area contributed by atoms with E-state index in [0.29, 0.717) is 17.3 Å². The first kappa shape index (κ1) is 19.4. The van der Waals surface area contributed by atoms with E-state index in [9.17, 15) is 14.4 Å². The van der Waals surface area contributed by atoms with Gasteiger partial charge in [0.05, 0.1) is 5.69 Å². The molecule has 0 atom stereocenters. The summed E-state index contributed by atoms with van der Waals surface area (Å²) in [4.78, 5) is 40.5. The summed E-state index contributed by atoms with van der Waals surface area (Å²) in [5.74, 6) is -0.395. The minimum atomic E-state index is -0.763. The summed E-state index contributed by atoms with van der Waals surface area (Å²) in [6.07, 6.45) is 1.37. The monoisotopic (exact) mass is 381 g/mol. The van der Waals surface area contributed by atoms with E-state index in [1.165, 1.54) is 6.08 Å². The molecule has 1 aromatic carbocycles. The fraction of sp³-hybridized carbons (Fsp3) is 0.286. The Morgan fingerprint density at radius 1 is 1.04 bits per heavy atom. The molecule has 0 unspecified atom stereocenters. The molecule has 2 aromatic rings. The molecule has 2 heterocycles. The van der Waals surface area contributed by atoms with Crippen molar-refractivity contribution < 1.29 is 18.8 Å². The number of benzene rings is 1. The molecule has 1 aliphatic heterocycles. The van der Waals surface area contributed by atoms with Gasteiger partial charge in [0.25, 0.3) is 11.8 Å². The second-order valence-corrected chi connectivity index (χ2v) is 6.65. The normalized spacial score (nSPS) is 15.9. The third-order valence-corrected chi connectivity index (χ3v) is 4.54. The van der Waals surface area contributed by atoms with Crippen molar-refractivity contribution in [1.82, 2.24) is 5.32 Å². The topological polar surface area (TPSA) is 82.9 Å². The molecule has 4 amide bonds. The number of anilines is 2. The van der Waals surface area contributed by atoms with Crippen molar-refractivity contribution in [1.29, 1.82) is 0 Å². The van der Waals surface area contributed by atoms with Crippen molar-refractivity contribution in [2.75, 3.05) is 22.9 Å². The highest BCUT2D eigenvalue weighted by Gasteiger charge is 2.37. The maximum absolute atomic E-state index is 13.0. The Morgan fingerprint density at radius 3 is 2.29 bits per heavy atom. The van der Waals surface area contributed by atoms with Crippen molar-refractivity contribution in [3.63, 3.8) is 0 Å². The van der Waals surface area contributed by atoms with Crippen molar-refractivity contribution in [3.05, 3.63) is 52.8 Å². The highest BCUT2D eigenvalue weighted by atomic mass is 16.4. The van der Waals surface area contributed by atoms with Crippen molar-refractivity contribution in [2.45, 2.75) is 27.7 Å². The summed E-state index contributed by atoms with van der Waals surface area (Å²) in [5, 5.41) is 2.23. The van der Waals surface area contributed by atoms with Crippen LogP contribution in [0, 0.1) is 13.8 Å². The van der Waals surface area contributed by atoms with E-state index in [1.807, 2.05) is 38.7 Å². The van der Waals surface area contributed by atoms with E-state index in [-0.39, 0.29) is 5.57 Å². The minimum absolute atomic E-state index is 0.154. The second kappa shape index (κ2) is 7.72. The molecule has 7 heteroatoms. The lowest BCUT2D eigenvalue weighted by Crippen LogP contribution is -2.54. The number of carbonyl (C=O) groups is 3. The average Bonchev–Trinajstić information content (AvgIpc) is 3.07. The number of barbiturate groups is 1. The Labute approximate surface area is 163 Å². The van der Waals surface area contributed by atoms with Crippen LogP contribution in [0.4, 0.5) is 16.4 Å². The van der Waals surface area contributed by atoms with E-state index in [2.05, 4.69) is 5.32 Å². The van der Waals surface area contributed by atoms with Gasteiger partial charge >= 0.3 is 6.03 Å². The van der Waals surface area contributed by atoms with Gasteiger partial charge in [0.1, 0.15) is 11.3 Å². The molecule has 0 radical (unpaired) electrons. The van der Waals surface area contributed by atoms with Gasteiger partial charge in [-0.25, -0.2) is 9.69 Å². The van der Waals surface area contributed by atoms with Crippen LogP contribution < -0.4 is 15.1 Å². The van der Waals surface area contributed by atoms with Crippen LogP contribution in [0.3, 0.4) is 0 Å². The van der Waals surface area contributed by atoms with Gasteiger partial charge in [0, 0.05) is 19.2 Å². The zero-order valence-electron chi connectivity index (χ0n) is 16.4. The van der Waals surface area contributed by atoms with Crippen LogP contribution in [-0.2, 0) is 9.59 Å². The maximum atomic E-state index is 13.0. The lowest BCUT2D eigenvalue weighted by atomic mass is 10.1. The predicted molar refractivity (Wildman–Crippen MR) is 107 cm³/mol. The molecule has 1 saturated heterocycles. The number of nitrogens with zero attached hydrogens (tertiary/aromatic N) is 2. The number of nitrogens with one attached hydrogen (secondary N) is 1. The van der Waals surface area contributed by atoms with Crippen molar-refractivity contribution >= 4 is 35.5 Å². The Hall–Kier alpha value is -3.35. The number of hydrogen-bond donors (Lipinski definition) is 1. The summed E-state index contributed by atoms with van der Waals surface area (Å²) in [6.45, 7) is 9.32. The molecule has 1 aromatic heterocycles. The molecule has 1 aliphatic rings. The van der Waals surface area contributed by atoms with Crippen LogP contribution in [0.1, 0.15) is 30.7 Å². The SMILES string of the molecule is CCN(CC)c1ccc(C=C2C(=O)NC(=O)N(c3cc(C)cc(C)c3)C2=O)o1. The van der Waals surface area contributed by atoms with Crippen LogP contribution in [0.15, 0.2) is 40.3 Å². The van der Waals surface area contributed by atoms with E-state index in [4.69, 9.17) is 4.42 Å². The van der Waals surface area contributed by atoms with Gasteiger partial charge in [-0.2, -0.15) is 0 Å². The Kier molecular flexibility index (Phi) is 5.35.